The Bertz CT molecular complexity index is 942. The number of benzene rings is 3. The van der Waals surface area contributed by atoms with Gasteiger partial charge in [-0.1, -0.05) is 36.4 Å². The van der Waals surface area contributed by atoms with E-state index in [0.717, 1.165) is 11.3 Å². The van der Waals surface area contributed by atoms with Gasteiger partial charge >= 0.3 is 0 Å². The molecule has 0 fully saturated rings. The summed E-state index contributed by atoms with van der Waals surface area (Å²) in [4.78, 5) is 13.9. The quantitative estimate of drug-likeness (QED) is 0.502. The lowest BCUT2D eigenvalue weighted by atomic mass is 10.1. The molecule has 0 bridgehead atoms. The molecule has 0 aliphatic carbocycles. The van der Waals surface area contributed by atoms with Gasteiger partial charge in [0.05, 0.1) is 20.3 Å². The molecule has 5 heteroatoms. The van der Waals surface area contributed by atoms with Crippen molar-refractivity contribution in [1.29, 1.82) is 0 Å². The first-order chi connectivity index (χ1) is 14.1. The summed E-state index contributed by atoms with van der Waals surface area (Å²) < 4.78 is 10.6. The van der Waals surface area contributed by atoms with Crippen LogP contribution in [-0.4, -0.2) is 20.1 Å². The van der Waals surface area contributed by atoms with Crippen molar-refractivity contribution in [3.05, 3.63) is 89.5 Å². The van der Waals surface area contributed by atoms with Crippen LogP contribution in [0.2, 0.25) is 0 Å². The molecule has 0 radical (unpaired) electrons. The molecular formula is C24H25NO3S. The number of amides is 1. The number of carbonyl (C=O) groups excluding carboxylic acids is 1. The van der Waals surface area contributed by atoms with Gasteiger partial charge in [-0.2, -0.15) is 0 Å². The van der Waals surface area contributed by atoms with Gasteiger partial charge in [-0.05, 0) is 54.4 Å². The molecule has 1 atom stereocenters. The maximum absolute atomic E-state index is 12.6. The van der Waals surface area contributed by atoms with Crippen molar-refractivity contribution < 1.29 is 14.3 Å². The lowest BCUT2D eigenvalue weighted by molar-refractivity contribution is 0.0940. The lowest BCUT2D eigenvalue weighted by Gasteiger charge is -2.16. The molecule has 0 aromatic heterocycles. The van der Waals surface area contributed by atoms with Crippen molar-refractivity contribution >= 4 is 17.7 Å². The minimum atomic E-state index is -0.157. The van der Waals surface area contributed by atoms with Crippen LogP contribution in [0.4, 0.5) is 0 Å². The number of methoxy groups -OCH3 is 2. The highest BCUT2D eigenvalue weighted by Gasteiger charge is 2.14. The van der Waals surface area contributed by atoms with Gasteiger partial charge in [-0.15, -0.1) is 11.8 Å². The van der Waals surface area contributed by atoms with E-state index in [1.54, 1.807) is 26.0 Å². The molecule has 0 aliphatic heterocycles. The van der Waals surface area contributed by atoms with E-state index in [0.29, 0.717) is 17.1 Å². The van der Waals surface area contributed by atoms with Crippen LogP contribution in [0, 0.1) is 0 Å². The molecule has 150 valence electrons. The zero-order valence-electron chi connectivity index (χ0n) is 16.8. The summed E-state index contributed by atoms with van der Waals surface area (Å²) in [5.74, 6) is 2.08. The van der Waals surface area contributed by atoms with Crippen molar-refractivity contribution in [3.63, 3.8) is 0 Å². The number of ether oxygens (including phenoxy) is 2. The molecule has 4 nitrogen and oxygen atoms in total. The predicted molar refractivity (Wildman–Crippen MR) is 118 cm³/mol. The molecule has 1 N–H and O–H groups in total. The maximum atomic E-state index is 12.6. The predicted octanol–water partition coefficient (Wildman–Crippen LogP) is 5.49. The fourth-order valence-electron chi connectivity index (χ4n) is 2.92. The molecule has 29 heavy (non-hydrogen) atoms. The van der Waals surface area contributed by atoms with Gasteiger partial charge < -0.3 is 14.8 Å². The van der Waals surface area contributed by atoms with Gasteiger partial charge in [0.15, 0.2) is 11.5 Å². The van der Waals surface area contributed by atoms with Crippen molar-refractivity contribution in [2.45, 2.75) is 23.6 Å². The van der Waals surface area contributed by atoms with E-state index >= 15 is 0 Å². The molecule has 0 spiro atoms. The standard InChI is InChI=1S/C24H25NO3S/c1-17(20-13-14-22(27-2)23(15-20)28-3)25-24(26)19-11-9-18(10-12-19)16-29-21-7-5-4-6-8-21/h4-15,17H,16H2,1-3H3,(H,25,26). The number of carbonyl (C=O) groups is 1. The molecule has 0 heterocycles. The third-order valence-electron chi connectivity index (χ3n) is 4.62. The minimum Gasteiger partial charge on any atom is -0.493 e. The van der Waals surface area contributed by atoms with Crippen LogP contribution < -0.4 is 14.8 Å². The summed E-state index contributed by atoms with van der Waals surface area (Å²) in [6.45, 7) is 1.95. The van der Waals surface area contributed by atoms with Crippen molar-refractivity contribution in [1.82, 2.24) is 5.32 Å². The summed E-state index contributed by atoms with van der Waals surface area (Å²) in [5, 5.41) is 3.04. The van der Waals surface area contributed by atoms with Crippen molar-refractivity contribution in [3.8, 4) is 11.5 Å². The van der Waals surface area contributed by atoms with Gasteiger partial charge in [-0.3, -0.25) is 4.79 Å². The molecule has 1 unspecified atom stereocenters. The number of hydrogen-bond donors (Lipinski definition) is 1. The van der Waals surface area contributed by atoms with E-state index in [9.17, 15) is 4.79 Å². The Morgan fingerprint density at radius 2 is 1.62 bits per heavy atom. The highest BCUT2D eigenvalue weighted by molar-refractivity contribution is 7.98. The Labute approximate surface area is 176 Å². The first kappa shape index (κ1) is 20.8. The third-order valence-corrected chi connectivity index (χ3v) is 5.70. The molecule has 3 aromatic carbocycles. The minimum absolute atomic E-state index is 0.102. The summed E-state index contributed by atoms with van der Waals surface area (Å²) in [6.07, 6.45) is 0. The number of rotatable bonds is 8. The van der Waals surface area contributed by atoms with E-state index in [4.69, 9.17) is 9.47 Å². The van der Waals surface area contributed by atoms with Crippen LogP contribution >= 0.6 is 11.8 Å². The number of thioether (sulfide) groups is 1. The SMILES string of the molecule is COc1ccc(C(C)NC(=O)c2ccc(CSc3ccccc3)cc2)cc1OC. The molecule has 0 saturated carbocycles. The molecule has 3 aromatic rings. The summed E-state index contributed by atoms with van der Waals surface area (Å²) in [5.41, 5.74) is 2.78. The fraction of sp³-hybridized carbons (Fsp3) is 0.208. The van der Waals surface area contributed by atoms with E-state index in [1.807, 2.05) is 67.6 Å². The topological polar surface area (TPSA) is 47.6 Å². The smallest absolute Gasteiger partial charge is 0.251 e. The van der Waals surface area contributed by atoms with E-state index < -0.39 is 0 Å². The normalized spacial score (nSPS) is 11.6. The molecule has 0 saturated heterocycles. The van der Waals surface area contributed by atoms with E-state index in [-0.39, 0.29) is 11.9 Å². The summed E-state index contributed by atoms with van der Waals surface area (Å²) in [7, 11) is 3.20. The highest BCUT2D eigenvalue weighted by atomic mass is 32.2. The van der Waals surface area contributed by atoms with E-state index in [2.05, 4.69) is 17.4 Å². The zero-order valence-corrected chi connectivity index (χ0v) is 17.7. The monoisotopic (exact) mass is 407 g/mol. The van der Waals surface area contributed by atoms with Gasteiger partial charge in [0, 0.05) is 16.2 Å². The second-order valence-corrected chi connectivity index (χ2v) is 7.66. The Morgan fingerprint density at radius 3 is 2.28 bits per heavy atom. The number of nitrogens with one attached hydrogen (secondary N) is 1. The van der Waals surface area contributed by atoms with E-state index in [1.165, 1.54) is 10.5 Å². The van der Waals surface area contributed by atoms with Gasteiger partial charge in [0.1, 0.15) is 0 Å². The Hall–Kier alpha value is -2.92. The Kier molecular flexibility index (Phi) is 7.19. The largest absolute Gasteiger partial charge is 0.493 e. The van der Waals surface area contributed by atoms with Crippen molar-refractivity contribution in [2.75, 3.05) is 14.2 Å². The Balaban J connectivity index is 1.60. The fourth-order valence-corrected chi connectivity index (χ4v) is 3.80. The third kappa shape index (κ3) is 5.55. The molecular weight excluding hydrogens is 382 g/mol. The van der Waals surface area contributed by atoms with Crippen LogP contribution in [-0.2, 0) is 5.75 Å². The lowest BCUT2D eigenvalue weighted by Crippen LogP contribution is -2.26. The molecule has 0 aliphatic rings. The summed E-state index contributed by atoms with van der Waals surface area (Å²) >= 11 is 1.78. The van der Waals surface area contributed by atoms with Gasteiger partial charge in [-0.25, -0.2) is 0 Å². The Morgan fingerprint density at radius 1 is 0.931 bits per heavy atom. The van der Waals surface area contributed by atoms with Crippen molar-refractivity contribution in [2.24, 2.45) is 0 Å². The van der Waals surface area contributed by atoms with Gasteiger partial charge in [0.2, 0.25) is 0 Å². The average molecular weight is 408 g/mol. The van der Waals surface area contributed by atoms with Crippen LogP contribution in [0.25, 0.3) is 0 Å². The summed E-state index contributed by atoms with van der Waals surface area (Å²) in [6, 6.07) is 23.5. The van der Waals surface area contributed by atoms with Crippen LogP contribution in [0.3, 0.4) is 0 Å². The average Bonchev–Trinajstić information content (AvgIpc) is 2.78. The van der Waals surface area contributed by atoms with Crippen LogP contribution in [0.5, 0.6) is 11.5 Å². The second kappa shape index (κ2) is 10.0. The van der Waals surface area contributed by atoms with Crippen LogP contribution in [0.15, 0.2) is 77.7 Å². The molecule has 3 rings (SSSR count). The zero-order chi connectivity index (χ0) is 20.6. The first-order valence-corrected chi connectivity index (χ1v) is 10.4. The second-order valence-electron chi connectivity index (χ2n) is 6.61. The van der Waals surface area contributed by atoms with Gasteiger partial charge in [0.25, 0.3) is 5.91 Å². The maximum Gasteiger partial charge on any atom is 0.251 e. The first-order valence-electron chi connectivity index (χ1n) is 9.40. The highest BCUT2D eigenvalue weighted by Crippen LogP contribution is 2.30. The number of hydrogen-bond acceptors (Lipinski definition) is 4. The van der Waals surface area contributed by atoms with Crippen LogP contribution in [0.1, 0.15) is 34.5 Å². The molecule has 1 amide bonds.